The van der Waals surface area contributed by atoms with E-state index < -0.39 is 15.3 Å². The Kier molecular flexibility index (Phi) is 3.51. The van der Waals surface area contributed by atoms with E-state index in [-0.39, 0.29) is 29.3 Å². The Bertz CT molecular complexity index is 667. The summed E-state index contributed by atoms with van der Waals surface area (Å²) < 4.78 is 36.4. The number of nitrogens with one attached hydrogen (secondary N) is 1. The molecule has 4 nitrogen and oxygen atoms in total. The molecule has 0 spiro atoms. The van der Waals surface area contributed by atoms with E-state index in [4.69, 9.17) is 0 Å². The van der Waals surface area contributed by atoms with E-state index >= 15 is 0 Å². The minimum atomic E-state index is -3.02. The molecule has 0 bridgehead atoms. The van der Waals surface area contributed by atoms with Gasteiger partial charge < -0.3 is 5.32 Å². The second kappa shape index (κ2) is 5.09. The first-order valence-corrected chi connectivity index (χ1v) is 9.01. The molecule has 1 saturated heterocycles. The molecule has 2 fully saturated rings. The van der Waals surface area contributed by atoms with Gasteiger partial charge in [-0.15, -0.1) is 0 Å². The lowest BCUT2D eigenvalue weighted by atomic mass is 9.63. The van der Waals surface area contributed by atoms with Crippen LogP contribution in [-0.4, -0.2) is 31.9 Å². The van der Waals surface area contributed by atoms with Crippen LogP contribution < -0.4 is 5.32 Å². The van der Waals surface area contributed by atoms with E-state index in [1.54, 1.807) is 12.1 Å². The third kappa shape index (κ3) is 2.69. The summed E-state index contributed by atoms with van der Waals surface area (Å²) in [5, 5.41) is 2.85. The molecule has 6 heteroatoms. The summed E-state index contributed by atoms with van der Waals surface area (Å²) in [7, 11) is -3.02. The number of hydrogen-bond donors (Lipinski definition) is 1. The van der Waals surface area contributed by atoms with Gasteiger partial charge >= 0.3 is 0 Å². The number of amides is 1. The third-order valence-electron chi connectivity index (χ3n) is 4.59. The van der Waals surface area contributed by atoms with Crippen molar-refractivity contribution in [3.8, 4) is 0 Å². The van der Waals surface area contributed by atoms with Gasteiger partial charge in [0.1, 0.15) is 5.82 Å². The van der Waals surface area contributed by atoms with Crippen molar-refractivity contribution in [2.75, 3.05) is 11.5 Å². The van der Waals surface area contributed by atoms with Crippen molar-refractivity contribution in [3.05, 3.63) is 35.6 Å². The van der Waals surface area contributed by atoms with Crippen molar-refractivity contribution in [2.45, 2.75) is 37.1 Å². The molecular weight excluding hydrogens is 293 g/mol. The molecule has 2 aliphatic rings. The first kappa shape index (κ1) is 14.5. The number of benzene rings is 1. The van der Waals surface area contributed by atoms with Gasteiger partial charge in [0, 0.05) is 6.04 Å². The molecule has 114 valence electrons. The van der Waals surface area contributed by atoms with E-state index in [0.717, 1.165) is 6.42 Å². The Morgan fingerprint density at radius 1 is 1.33 bits per heavy atom. The van der Waals surface area contributed by atoms with Gasteiger partial charge in [-0.2, -0.15) is 0 Å². The van der Waals surface area contributed by atoms with Gasteiger partial charge in [-0.25, -0.2) is 12.8 Å². The molecule has 1 saturated carbocycles. The zero-order chi connectivity index (χ0) is 15.1. The van der Waals surface area contributed by atoms with Crippen LogP contribution in [0.2, 0.25) is 0 Å². The van der Waals surface area contributed by atoms with Gasteiger partial charge in [-0.1, -0.05) is 18.6 Å². The highest BCUT2D eigenvalue weighted by Gasteiger charge is 2.46. The van der Waals surface area contributed by atoms with Crippen LogP contribution in [0.5, 0.6) is 0 Å². The second-order valence-corrected chi connectivity index (χ2v) is 8.25. The lowest BCUT2D eigenvalue weighted by molar-refractivity contribution is -0.130. The molecule has 1 aliphatic carbocycles. The minimum Gasteiger partial charge on any atom is -0.352 e. The molecule has 1 aromatic rings. The summed E-state index contributed by atoms with van der Waals surface area (Å²) in [6.45, 7) is 0. The fourth-order valence-corrected chi connectivity index (χ4v) is 4.87. The average Bonchev–Trinajstić information content (AvgIpc) is 2.67. The Morgan fingerprint density at radius 3 is 2.62 bits per heavy atom. The van der Waals surface area contributed by atoms with Crippen LogP contribution in [0, 0.1) is 5.82 Å². The first-order chi connectivity index (χ1) is 9.91. The fraction of sp³-hybridized carbons (Fsp3) is 0.533. The highest BCUT2D eigenvalue weighted by molar-refractivity contribution is 7.91. The van der Waals surface area contributed by atoms with E-state index in [1.165, 1.54) is 12.1 Å². The maximum Gasteiger partial charge on any atom is 0.230 e. The molecule has 0 radical (unpaired) electrons. The summed E-state index contributed by atoms with van der Waals surface area (Å²) >= 11 is 0. The third-order valence-corrected chi connectivity index (χ3v) is 6.35. The largest absolute Gasteiger partial charge is 0.352 e. The summed E-state index contributed by atoms with van der Waals surface area (Å²) in [6, 6.07) is 5.83. The predicted octanol–water partition coefficient (Wildman–Crippen LogP) is 1.55. The summed E-state index contributed by atoms with van der Waals surface area (Å²) in [4.78, 5) is 12.6. The topological polar surface area (TPSA) is 63.2 Å². The summed E-state index contributed by atoms with van der Waals surface area (Å²) in [5.74, 6) is -0.375. The predicted molar refractivity (Wildman–Crippen MR) is 77.1 cm³/mol. The highest BCUT2D eigenvalue weighted by atomic mass is 32.2. The van der Waals surface area contributed by atoms with Gasteiger partial charge in [0.15, 0.2) is 9.84 Å². The molecule has 1 heterocycles. The Balaban J connectivity index is 1.78. The molecule has 1 aromatic carbocycles. The standard InChI is InChI=1S/C15H18FNO3S/c16-12-4-1-3-11(9-12)15(6-2-7-15)14(18)17-13-5-8-21(19,20)10-13/h1,3-4,9,13H,2,5-8,10H2,(H,17,18). The van der Waals surface area contributed by atoms with Crippen molar-refractivity contribution >= 4 is 15.7 Å². The molecule has 3 rings (SSSR count). The van der Waals surface area contributed by atoms with Gasteiger partial charge in [0.05, 0.1) is 16.9 Å². The van der Waals surface area contributed by atoms with Crippen molar-refractivity contribution in [2.24, 2.45) is 0 Å². The molecule has 21 heavy (non-hydrogen) atoms. The quantitative estimate of drug-likeness (QED) is 0.921. The van der Waals surface area contributed by atoms with Gasteiger partial charge in [-0.05, 0) is 37.0 Å². The van der Waals surface area contributed by atoms with Gasteiger partial charge in [0.2, 0.25) is 5.91 Å². The fourth-order valence-electron chi connectivity index (χ4n) is 3.20. The number of rotatable bonds is 3. The number of sulfone groups is 1. The number of hydrogen-bond acceptors (Lipinski definition) is 3. The second-order valence-electron chi connectivity index (χ2n) is 6.02. The average molecular weight is 311 g/mol. The smallest absolute Gasteiger partial charge is 0.230 e. The summed E-state index contributed by atoms with van der Waals surface area (Å²) in [5.41, 5.74) is 0.00107. The monoisotopic (exact) mass is 311 g/mol. The number of carbonyl (C=O) groups is 1. The van der Waals surface area contributed by atoms with Crippen molar-refractivity contribution in [3.63, 3.8) is 0 Å². The lowest BCUT2D eigenvalue weighted by Gasteiger charge is -2.41. The van der Waals surface area contributed by atoms with Crippen LogP contribution in [-0.2, 0) is 20.0 Å². The van der Waals surface area contributed by atoms with Crippen molar-refractivity contribution < 1.29 is 17.6 Å². The highest BCUT2D eigenvalue weighted by Crippen LogP contribution is 2.44. The van der Waals surface area contributed by atoms with Crippen molar-refractivity contribution in [1.29, 1.82) is 0 Å². The Hall–Kier alpha value is -1.43. The van der Waals surface area contributed by atoms with E-state index in [9.17, 15) is 17.6 Å². The first-order valence-electron chi connectivity index (χ1n) is 7.19. The Morgan fingerprint density at radius 2 is 2.10 bits per heavy atom. The number of carbonyl (C=O) groups excluding carboxylic acids is 1. The molecule has 1 N–H and O–H groups in total. The van der Waals surface area contributed by atoms with Crippen LogP contribution in [0.15, 0.2) is 24.3 Å². The molecular formula is C15H18FNO3S. The zero-order valence-corrected chi connectivity index (χ0v) is 12.5. The van der Waals surface area contributed by atoms with E-state index in [1.807, 2.05) is 0 Å². The maximum atomic E-state index is 13.4. The van der Waals surface area contributed by atoms with Gasteiger partial charge in [0.25, 0.3) is 0 Å². The molecule has 1 amide bonds. The lowest BCUT2D eigenvalue weighted by Crippen LogP contribution is -2.52. The minimum absolute atomic E-state index is 0.0119. The van der Waals surface area contributed by atoms with Crippen LogP contribution in [0.4, 0.5) is 4.39 Å². The zero-order valence-electron chi connectivity index (χ0n) is 11.6. The molecule has 0 aromatic heterocycles. The Labute approximate surface area is 123 Å². The molecule has 1 atom stereocenters. The number of halogens is 1. The van der Waals surface area contributed by atoms with E-state index in [2.05, 4.69) is 5.32 Å². The van der Waals surface area contributed by atoms with Crippen molar-refractivity contribution in [1.82, 2.24) is 5.32 Å². The van der Waals surface area contributed by atoms with Crippen LogP contribution >= 0.6 is 0 Å². The normalized spacial score (nSPS) is 26.0. The SMILES string of the molecule is O=C(NC1CCS(=O)(=O)C1)C1(c2cccc(F)c2)CCC1. The summed E-state index contributed by atoms with van der Waals surface area (Å²) in [6.07, 6.45) is 2.75. The van der Waals surface area contributed by atoms with Gasteiger partial charge in [-0.3, -0.25) is 4.79 Å². The van der Waals surface area contributed by atoms with Crippen LogP contribution in [0.1, 0.15) is 31.2 Å². The molecule has 1 aliphatic heterocycles. The van der Waals surface area contributed by atoms with E-state index in [0.29, 0.717) is 24.8 Å². The van der Waals surface area contributed by atoms with Crippen LogP contribution in [0.25, 0.3) is 0 Å². The van der Waals surface area contributed by atoms with Crippen LogP contribution in [0.3, 0.4) is 0 Å². The molecule has 1 unspecified atom stereocenters. The maximum absolute atomic E-state index is 13.4.